The fourth-order valence-electron chi connectivity index (χ4n) is 1.49. The average Bonchev–Trinajstić information content (AvgIpc) is 2.55. The number of alkyl halides is 11. The van der Waals surface area contributed by atoms with E-state index in [4.69, 9.17) is 4.55 Å². The Labute approximate surface area is 176 Å². The summed E-state index contributed by atoms with van der Waals surface area (Å²) in [5.74, 6) is -11.6. The molecule has 0 amide bonds. The Morgan fingerprint density at radius 2 is 1.33 bits per heavy atom. The summed E-state index contributed by atoms with van der Waals surface area (Å²) >= 11 is 0. The first-order chi connectivity index (χ1) is 14.4. The van der Waals surface area contributed by atoms with Gasteiger partial charge in [0, 0.05) is 0 Å². The molecule has 1 N–H and O–H groups in total. The monoisotopic (exact) mass is 536 g/mol. The van der Waals surface area contributed by atoms with Crippen molar-refractivity contribution in [1.82, 2.24) is 0 Å². The normalized spacial score (nSPS) is 15.5. The van der Waals surface area contributed by atoms with E-state index in [0.29, 0.717) is 0 Å². The lowest BCUT2D eigenvalue weighted by Crippen LogP contribution is -2.59. The summed E-state index contributed by atoms with van der Waals surface area (Å²) < 4.78 is 180. The fraction of sp³-hybridized carbons (Fsp3) is 0.692. The molecule has 1 unspecified atom stereocenters. The Morgan fingerprint density at radius 1 is 0.848 bits per heavy atom. The van der Waals surface area contributed by atoms with E-state index in [-0.39, 0.29) is 0 Å². The van der Waals surface area contributed by atoms with Crippen LogP contribution in [0.5, 0.6) is 0 Å². The van der Waals surface area contributed by atoms with Gasteiger partial charge in [0.15, 0.2) is 0 Å². The molecule has 0 fully saturated rings. The second-order valence-corrected chi connectivity index (χ2v) is 7.24. The first kappa shape index (κ1) is 30.8. The molecule has 0 aromatic carbocycles. The van der Waals surface area contributed by atoms with Crippen LogP contribution in [0.4, 0.5) is 48.3 Å². The topological polar surface area (TPSA) is 116 Å². The lowest BCUT2D eigenvalue weighted by atomic mass is 10.2. The van der Waals surface area contributed by atoms with E-state index in [1.807, 2.05) is 6.58 Å². The standard InChI is InChI=1S/C13H11F11O8S/c1-6(12(19,20)21)7(25)32-11(13(22,23)24,8(26)30-4-2-9(14,15)16)31-5-3-10(17,18)33(27,28)29/h1-5H2,(H,27,28,29). The first-order valence-electron chi connectivity index (χ1n) is 7.66. The van der Waals surface area contributed by atoms with Crippen LogP contribution < -0.4 is 0 Å². The molecule has 0 bridgehead atoms. The molecule has 0 aromatic heterocycles. The maximum absolute atomic E-state index is 13.5. The molecular weight excluding hydrogens is 525 g/mol. The molecule has 8 nitrogen and oxygen atoms in total. The maximum atomic E-state index is 13.5. The van der Waals surface area contributed by atoms with Crippen LogP contribution >= 0.6 is 0 Å². The quantitative estimate of drug-likeness (QED) is 0.149. The summed E-state index contributed by atoms with van der Waals surface area (Å²) in [6.07, 6.45) is -21.8. The highest BCUT2D eigenvalue weighted by molar-refractivity contribution is 7.86. The molecule has 1 atom stereocenters. The average molecular weight is 536 g/mol. The predicted molar refractivity (Wildman–Crippen MR) is 78.8 cm³/mol. The lowest BCUT2D eigenvalue weighted by molar-refractivity contribution is -0.356. The fourth-order valence-corrected chi connectivity index (χ4v) is 1.83. The lowest BCUT2D eigenvalue weighted by Gasteiger charge is -2.32. The Kier molecular flexibility index (Phi) is 9.28. The zero-order valence-corrected chi connectivity index (χ0v) is 16.2. The van der Waals surface area contributed by atoms with Crippen molar-refractivity contribution in [2.75, 3.05) is 13.2 Å². The minimum absolute atomic E-state index is 1.91. The molecular formula is C13H11F11O8S. The number of rotatable bonds is 10. The molecule has 0 aromatic rings. The number of halogens is 11. The van der Waals surface area contributed by atoms with E-state index < -0.39 is 83.3 Å². The maximum Gasteiger partial charge on any atom is 0.468 e. The third-order valence-corrected chi connectivity index (χ3v) is 4.12. The van der Waals surface area contributed by atoms with Crippen molar-refractivity contribution >= 4 is 22.1 Å². The third-order valence-electron chi connectivity index (χ3n) is 3.16. The molecule has 0 rings (SSSR count). The van der Waals surface area contributed by atoms with Gasteiger partial charge in [0.1, 0.15) is 12.2 Å². The van der Waals surface area contributed by atoms with E-state index in [1.165, 1.54) is 0 Å². The Bertz CT molecular complexity index is 844. The Balaban J connectivity index is 6.13. The second kappa shape index (κ2) is 9.95. The van der Waals surface area contributed by atoms with Crippen LogP contribution in [0.15, 0.2) is 12.2 Å². The second-order valence-electron chi connectivity index (χ2n) is 5.69. The van der Waals surface area contributed by atoms with Crippen LogP contribution in [0.3, 0.4) is 0 Å². The minimum atomic E-state index is -6.47. The summed E-state index contributed by atoms with van der Waals surface area (Å²) in [5, 5.41) is -5.23. The number of carbonyl (C=O) groups excluding carboxylic acids is 2. The van der Waals surface area contributed by atoms with Crippen molar-refractivity contribution in [3.63, 3.8) is 0 Å². The largest absolute Gasteiger partial charge is 0.468 e. The van der Waals surface area contributed by atoms with Crippen LogP contribution in [0.25, 0.3) is 0 Å². The summed E-state index contributed by atoms with van der Waals surface area (Å²) in [7, 11) is -6.27. The van der Waals surface area contributed by atoms with Gasteiger partial charge in [0.2, 0.25) is 0 Å². The predicted octanol–water partition coefficient (Wildman–Crippen LogP) is 3.29. The van der Waals surface area contributed by atoms with Gasteiger partial charge in [-0.1, -0.05) is 6.58 Å². The third kappa shape index (κ3) is 8.57. The number of carbonyl (C=O) groups is 2. The van der Waals surface area contributed by atoms with Gasteiger partial charge in [-0.05, 0) is 0 Å². The molecule has 194 valence electrons. The highest BCUT2D eigenvalue weighted by Gasteiger charge is 2.68. The van der Waals surface area contributed by atoms with Crippen molar-refractivity contribution < 1.29 is 85.1 Å². The van der Waals surface area contributed by atoms with Gasteiger partial charge in [0.05, 0.1) is 19.4 Å². The van der Waals surface area contributed by atoms with E-state index in [2.05, 4.69) is 14.2 Å². The van der Waals surface area contributed by atoms with Crippen LogP contribution in [0.1, 0.15) is 12.8 Å². The van der Waals surface area contributed by atoms with Gasteiger partial charge in [-0.2, -0.15) is 56.7 Å². The molecule has 20 heteroatoms. The Hall–Kier alpha value is -2.22. The van der Waals surface area contributed by atoms with Crippen molar-refractivity contribution in [1.29, 1.82) is 0 Å². The van der Waals surface area contributed by atoms with Gasteiger partial charge >= 0.3 is 51.6 Å². The van der Waals surface area contributed by atoms with Gasteiger partial charge in [0.25, 0.3) is 0 Å². The van der Waals surface area contributed by atoms with Crippen molar-refractivity contribution in [2.24, 2.45) is 0 Å². The molecule has 0 aliphatic rings. The van der Waals surface area contributed by atoms with E-state index in [1.54, 1.807) is 0 Å². The van der Waals surface area contributed by atoms with Gasteiger partial charge in [-0.25, -0.2) is 9.59 Å². The summed E-state index contributed by atoms with van der Waals surface area (Å²) in [5.41, 5.74) is -2.69. The minimum Gasteiger partial charge on any atom is -0.460 e. The van der Waals surface area contributed by atoms with Crippen LogP contribution in [-0.4, -0.2) is 67.7 Å². The Morgan fingerprint density at radius 3 is 1.70 bits per heavy atom. The molecule has 0 saturated heterocycles. The van der Waals surface area contributed by atoms with Crippen LogP contribution in [0, 0.1) is 0 Å². The van der Waals surface area contributed by atoms with Crippen molar-refractivity contribution in [3.8, 4) is 0 Å². The van der Waals surface area contributed by atoms with Crippen molar-refractivity contribution in [3.05, 3.63) is 12.2 Å². The number of hydrogen-bond donors (Lipinski definition) is 1. The highest BCUT2D eigenvalue weighted by Crippen LogP contribution is 2.39. The van der Waals surface area contributed by atoms with Gasteiger partial charge in [-0.3, -0.25) is 4.55 Å². The first-order valence-corrected chi connectivity index (χ1v) is 9.10. The molecule has 0 aliphatic carbocycles. The number of hydrogen-bond acceptors (Lipinski definition) is 7. The van der Waals surface area contributed by atoms with Gasteiger partial charge < -0.3 is 14.2 Å². The number of esters is 2. The summed E-state index contributed by atoms with van der Waals surface area (Å²) in [4.78, 5) is 23.2. The summed E-state index contributed by atoms with van der Waals surface area (Å²) in [6, 6.07) is 0. The molecule has 0 heterocycles. The smallest absolute Gasteiger partial charge is 0.460 e. The molecule has 0 aliphatic heterocycles. The van der Waals surface area contributed by atoms with E-state index in [0.717, 1.165) is 0 Å². The molecule has 0 saturated carbocycles. The van der Waals surface area contributed by atoms with E-state index >= 15 is 0 Å². The van der Waals surface area contributed by atoms with E-state index in [9.17, 15) is 66.3 Å². The zero-order valence-electron chi connectivity index (χ0n) is 15.4. The van der Waals surface area contributed by atoms with Crippen LogP contribution in [0.2, 0.25) is 0 Å². The SMILES string of the molecule is C=C(C(=O)OC(OCCC(F)(F)S(=O)(=O)O)(C(=O)OCCC(F)(F)F)C(F)(F)F)C(F)(F)F. The zero-order chi connectivity index (χ0) is 26.7. The van der Waals surface area contributed by atoms with Crippen LogP contribution in [-0.2, 0) is 33.9 Å². The summed E-state index contributed by atoms with van der Waals surface area (Å²) in [6.45, 7) is -2.14. The molecule has 0 spiro atoms. The molecule has 33 heavy (non-hydrogen) atoms. The van der Waals surface area contributed by atoms with Crippen molar-refractivity contribution in [2.45, 2.75) is 42.4 Å². The highest BCUT2D eigenvalue weighted by atomic mass is 32.2. The molecule has 0 radical (unpaired) electrons. The number of ether oxygens (including phenoxy) is 3. The van der Waals surface area contributed by atoms with Gasteiger partial charge in [-0.15, -0.1) is 0 Å².